The van der Waals surface area contributed by atoms with Crippen LogP contribution >= 0.6 is 0 Å². The smallest absolute Gasteiger partial charge is 0.411 e. The lowest BCUT2D eigenvalue weighted by Crippen LogP contribution is -2.55. The molecule has 1 N–H and O–H groups in total. The molecular weight excluding hydrogens is 738 g/mol. The van der Waals surface area contributed by atoms with Gasteiger partial charge in [-0.1, -0.05) is 30.0 Å². The highest BCUT2D eigenvalue weighted by molar-refractivity contribution is 6.35. The van der Waals surface area contributed by atoms with Gasteiger partial charge in [-0.2, -0.15) is 26.3 Å². The van der Waals surface area contributed by atoms with Crippen LogP contribution in [0.5, 0.6) is 17.2 Å². The maximum atomic E-state index is 15.3. The number of carbonyl (C=O) groups is 4. The molecular formula is C39H24F6N2O8. The Kier molecular flexibility index (Phi) is 9.59. The number of terminal acetylenes is 2. The molecule has 0 spiro atoms. The van der Waals surface area contributed by atoms with Gasteiger partial charge in [-0.3, -0.25) is 19.2 Å². The number of aliphatic hydroxyl groups is 1. The van der Waals surface area contributed by atoms with Crippen molar-refractivity contribution < 1.29 is 64.8 Å². The Morgan fingerprint density at radius 3 is 1.47 bits per heavy atom. The van der Waals surface area contributed by atoms with E-state index >= 15 is 26.3 Å². The zero-order valence-electron chi connectivity index (χ0n) is 28.2. The number of methoxy groups -OCH3 is 1. The molecule has 0 fully saturated rings. The normalized spacial score (nSPS) is 14.1. The first-order valence-corrected chi connectivity index (χ1v) is 15.8. The van der Waals surface area contributed by atoms with E-state index in [0.29, 0.717) is 46.2 Å². The van der Waals surface area contributed by atoms with E-state index in [2.05, 4.69) is 11.8 Å². The maximum Gasteiger partial charge on any atom is 0.411 e. The Hall–Kier alpha value is -6.78. The molecule has 0 unspecified atom stereocenters. The van der Waals surface area contributed by atoms with Crippen LogP contribution in [-0.4, -0.2) is 61.4 Å². The summed E-state index contributed by atoms with van der Waals surface area (Å²) in [6.45, 7) is -1.05. The molecule has 280 valence electrons. The number of hydrogen-bond donors (Lipinski definition) is 1. The molecule has 4 aromatic carbocycles. The molecule has 0 aromatic heterocycles. The number of rotatable bonds is 10. The number of carbonyl (C=O) groups excluding carboxylic acids is 4. The van der Waals surface area contributed by atoms with E-state index in [4.69, 9.17) is 27.1 Å². The minimum atomic E-state index is -6.17. The van der Waals surface area contributed by atoms with E-state index in [9.17, 15) is 24.3 Å². The number of halogens is 6. The lowest BCUT2D eigenvalue weighted by molar-refractivity contribution is -0.288. The highest BCUT2D eigenvalue weighted by Crippen LogP contribution is 2.57. The third kappa shape index (κ3) is 5.97. The molecule has 10 nitrogen and oxygen atoms in total. The molecule has 0 saturated heterocycles. The number of benzene rings is 4. The number of fused-ring (bicyclic) bond motifs is 2. The number of alkyl halides is 6. The topological polar surface area (TPSA) is 123 Å². The van der Waals surface area contributed by atoms with Crippen LogP contribution in [0.2, 0.25) is 0 Å². The van der Waals surface area contributed by atoms with Gasteiger partial charge in [0.15, 0.2) is 11.5 Å². The van der Waals surface area contributed by atoms with Crippen molar-refractivity contribution in [2.45, 2.75) is 24.4 Å². The molecule has 0 bridgehead atoms. The third-order valence-corrected chi connectivity index (χ3v) is 9.00. The number of aliphatic hydroxyl groups excluding tert-OH is 1. The Morgan fingerprint density at radius 1 is 0.600 bits per heavy atom. The number of hydrogen-bond acceptors (Lipinski definition) is 8. The lowest BCUT2D eigenvalue weighted by Gasteiger charge is -2.38. The van der Waals surface area contributed by atoms with Crippen molar-refractivity contribution in [2.24, 2.45) is 0 Å². The second-order valence-electron chi connectivity index (χ2n) is 11.9. The predicted octanol–water partition coefficient (Wildman–Crippen LogP) is 6.22. The van der Waals surface area contributed by atoms with Crippen molar-refractivity contribution in [1.29, 1.82) is 0 Å². The fourth-order valence-corrected chi connectivity index (χ4v) is 6.50. The molecule has 6 rings (SSSR count). The molecule has 2 heterocycles. The van der Waals surface area contributed by atoms with Gasteiger partial charge in [0.2, 0.25) is 5.41 Å². The van der Waals surface area contributed by atoms with Gasteiger partial charge in [0.05, 0.1) is 47.3 Å². The molecule has 0 atom stereocenters. The average Bonchev–Trinajstić information content (AvgIpc) is 3.54. The van der Waals surface area contributed by atoms with E-state index in [1.807, 2.05) is 0 Å². The Morgan fingerprint density at radius 2 is 1.04 bits per heavy atom. The summed E-state index contributed by atoms with van der Waals surface area (Å²) >= 11 is 0. The highest BCUT2D eigenvalue weighted by atomic mass is 19.4. The number of imide groups is 2. The van der Waals surface area contributed by atoms with Gasteiger partial charge in [0.25, 0.3) is 23.6 Å². The monoisotopic (exact) mass is 762 g/mol. The third-order valence-electron chi connectivity index (χ3n) is 9.00. The first-order chi connectivity index (χ1) is 26.0. The average molecular weight is 763 g/mol. The zero-order valence-corrected chi connectivity index (χ0v) is 28.2. The van der Waals surface area contributed by atoms with E-state index in [1.54, 1.807) is 0 Å². The van der Waals surface area contributed by atoms with Crippen LogP contribution in [0.25, 0.3) is 0 Å². The quantitative estimate of drug-likeness (QED) is 0.115. The summed E-state index contributed by atoms with van der Waals surface area (Å²) in [5.41, 5.74) is -10.5. The van der Waals surface area contributed by atoms with Crippen molar-refractivity contribution in [2.75, 3.05) is 30.1 Å². The number of ether oxygens (including phenoxy) is 3. The van der Waals surface area contributed by atoms with Gasteiger partial charge in [0, 0.05) is 17.7 Å². The van der Waals surface area contributed by atoms with Gasteiger partial charge in [-0.05, 0) is 53.6 Å². The van der Waals surface area contributed by atoms with E-state index in [-0.39, 0.29) is 47.4 Å². The van der Waals surface area contributed by atoms with Crippen molar-refractivity contribution in [3.63, 3.8) is 0 Å². The maximum absolute atomic E-state index is 15.3. The lowest BCUT2D eigenvalue weighted by atomic mass is 9.71. The van der Waals surface area contributed by atoms with Crippen LogP contribution in [0.3, 0.4) is 0 Å². The summed E-state index contributed by atoms with van der Waals surface area (Å²) in [4.78, 5) is 55.2. The first kappa shape index (κ1) is 38.0. The molecule has 2 aliphatic rings. The number of anilines is 2. The van der Waals surface area contributed by atoms with Gasteiger partial charge in [-0.15, -0.1) is 12.8 Å². The minimum absolute atomic E-state index is 0.00796. The molecule has 16 heteroatoms. The Bertz CT molecular complexity index is 2210. The van der Waals surface area contributed by atoms with Crippen molar-refractivity contribution in [1.82, 2.24) is 0 Å². The minimum Gasteiger partial charge on any atom is -0.493 e. The van der Waals surface area contributed by atoms with E-state index < -0.39 is 81.4 Å². The largest absolute Gasteiger partial charge is 0.493 e. The fraction of sp³-hybridized carbons (Fsp3) is 0.179. The molecule has 4 amide bonds. The second-order valence-corrected chi connectivity index (χ2v) is 11.9. The Labute approximate surface area is 307 Å². The molecule has 4 aromatic rings. The molecule has 0 saturated carbocycles. The molecule has 55 heavy (non-hydrogen) atoms. The van der Waals surface area contributed by atoms with Crippen LogP contribution in [0, 0.1) is 24.7 Å². The first-order valence-electron chi connectivity index (χ1n) is 15.8. The zero-order chi connectivity index (χ0) is 40.0. The van der Waals surface area contributed by atoms with Crippen molar-refractivity contribution >= 4 is 35.0 Å². The van der Waals surface area contributed by atoms with E-state index in [1.165, 1.54) is 37.4 Å². The van der Waals surface area contributed by atoms with Crippen LogP contribution in [0.1, 0.15) is 58.1 Å². The van der Waals surface area contributed by atoms with Crippen molar-refractivity contribution in [3.8, 4) is 41.9 Å². The summed E-state index contributed by atoms with van der Waals surface area (Å²) in [5, 5.41) is 9.64. The summed E-state index contributed by atoms with van der Waals surface area (Å²) in [6, 6.07) is 10.3. The van der Waals surface area contributed by atoms with Crippen LogP contribution in [0.15, 0.2) is 72.8 Å². The summed E-state index contributed by atoms with van der Waals surface area (Å²) in [7, 11) is 1.30. The highest BCUT2D eigenvalue weighted by Gasteiger charge is 2.73. The Balaban J connectivity index is 1.45. The predicted molar refractivity (Wildman–Crippen MR) is 182 cm³/mol. The van der Waals surface area contributed by atoms with Crippen molar-refractivity contribution in [3.05, 3.63) is 112 Å². The van der Waals surface area contributed by atoms with Gasteiger partial charge >= 0.3 is 12.4 Å². The second kappa shape index (κ2) is 13.9. The summed E-state index contributed by atoms with van der Waals surface area (Å²) < 4.78 is 108. The van der Waals surface area contributed by atoms with Crippen LogP contribution in [0.4, 0.5) is 37.7 Å². The summed E-state index contributed by atoms with van der Waals surface area (Å²) in [5.74, 6) is -0.0812. The summed E-state index contributed by atoms with van der Waals surface area (Å²) in [6.07, 6.45) is -1.90. The van der Waals surface area contributed by atoms with Gasteiger partial charge in [-0.25, -0.2) is 9.80 Å². The number of nitrogens with zero attached hydrogens (tertiary/aromatic N) is 2. The van der Waals surface area contributed by atoms with Gasteiger partial charge < -0.3 is 19.3 Å². The molecule has 0 radical (unpaired) electrons. The standard InChI is InChI=1S/C39H24F6N2O8/c1-4-14-54-31-18-24(9-6-21(31)20-48)46-33(49)26-11-7-22(16-28(26)35(46)51)37(38(40,41)42,39(43,44)45)23-8-12-27-29(17-23)36(52)47(34(27)50)25-10-13-30(53-3)32(19-25)55-15-5-2/h1-2,6-13,16-19,48H,14-15,20H2,3H3. The van der Waals surface area contributed by atoms with Gasteiger partial charge in [0.1, 0.15) is 19.0 Å². The molecule has 2 aliphatic heterocycles. The fourth-order valence-electron chi connectivity index (χ4n) is 6.50. The van der Waals surface area contributed by atoms with E-state index in [0.717, 1.165) is 6.07 Å². The SMILES string of the molecule is C#CCOc1cc(N2C(=O)c3ccc(C(c4ccc5c(c4)C(=O)N(c4ccc(OC)c(OCC#C)c4)C5=O)(C(F)(F)F)C(F)(F)F)cc3C2=O)ccc1CO. The number of amides is 4. The van der Waals surface area contributed by atoms with Crippen LogP contribution < -0.4 is 24.0 Å². The molecule has 0 aliphatic carbocycles. The van der Waals surface area contributed by atoms with Crippen LogP contribution in [-0.2, 0) is 12.0 Å².